The van der Waals surface area contributed by atoms with E-state index < -0.39 is 0 Å². The van der Waals surface area contributed by atoms with Crippen LogP contribution >= 0.6 is 0 Å². The lowest BCUT2D eigenvalue weighted by molar-refractivity contribution is 0.439. The second-order valence-electron chi connectivity index (χ2n) is 4.81. The Labute approximate surface area is 113 Å². The van der Waals surface area contributed by atoms with Gasteiger partial charge >= 0.3 is 0 Å². The predicted molar refractivity (Wildman–Crippen MR) is 75.1 cm³/mol. The predicted octanol–water partition coefficient (Wildman–Crippen LogP) is 2.49. The Bertz CT molecular complexity index is 562. The smallest absolute Gasteiger partial charge is 0.208 e. The van der Waals surface area contributed by atoms with Gasteiger partial charge in [0, 0.05) is 25.2 Å². The summed E-state index contributed by atoms with van der Waals surface area (Å²) in [6.45, 7) is 4.62. The zero-order valence-corrected chi connectivity index (χ0v) is 11.2. The van der Waals surface area contributed by atoms with Gasteiger partial charge in [0.2, 0.25) is 5.89 Å². The maximum absolute atomic E-state index is 5.57. The molecule has 0 fully saturated rings. The zero-order chi connectivity index (χ0) is 13.1. The van der Waals surface area contributed by atoms with Crippen molar-refractivity contribution in [2.45, 2.75) is 32.9 Å². The average Bonchev–Trinajstić information content (AvgIpc) is 3.07. The van der Waals surface area contributed by atoms with Crippen molar-refractivity contribution >= 4 is 5.69 Å². The van der Waals surface area contributed by atoms with Gasteiger partial charge in [0.1, 0.15) is 5.76 Å². The average molecular weight is 257 g/mol. The monoisotopic (exact) mass is 257 g/mol. The molecule has 0 saturated heterocycles. The van der Waals surface area contributed by atoms with Crippen molar-refractivity contribution < 1.29 is 4.42 Å². The highest BCUT2D eigenvalue weighted by Crippen LogP contribution is 2.26. The van der Waals surface area contributed by atoms with Crippen LogP contribution in [0.4, 0.5) is 5.69 Å². The van der Waals surface area contributed by atoms with Gasteiger partial charge in [-0.25, -0.2) is 4.98 Å². The first kappa shape index (κ1) is 12.2. The molecule has 4 nitrogen and oxygen atoms in total. The van der Waals surface area contributed by atoms with E-state index in [1.807, 2.05) is 0 Å². The molecule has 2 N–H and O–H groups in total. The molecule has 2 aromatic rings. The number of anilines is 1. The van der Waals surface area contributed by atoms with Crippen LogP contribution in [0.15, 0.2) is 28.8 Å². The number of hydrogen-bond donors (Lipinski definition) is 2. The molecule has 1 aromatic carbocycles. The van der Waals surface area contributed by atoms with Crippen molar-refractivity contribution in [1.29, 1.82) is 0 Å². The van der Waals surface area contributed by atoms with E-state index in [0.717, 1.165) is 37.6 Å². The van der Waals surface area contributed by atoms with Gasteiger partial charge in [-0.2, -0.15) is 0 Å². The van der Waals surface area contributed by atoms with Crippen LogP contribution in [0, 0.1) is 0 Å². The number of nitrogens with one attached hydrogen (secondary N) is 2. The first-order valence-corrected chi connectivity index (χ1v) is 6.85. The molecule has 19 heavy (non-hydrogen) atoms. The van der Waals surface area contributed by atoms with Crippen LogP contribution < -0.4 is 10.6 Å². The Kier molecular flexibility index (Phi) is 3.51. The molecular weight excluding hydrogens is 238 g/mol. The third kappa shape index (κ3) is 2.63. The number of rotatable bonds is 5. The molecule has 0 radical (unpaired) electrons. The highest BCUT2D eigenvalue weighted by atomic mass is 16.4. The van der Waals surface area contributed by atoms with E-state index in [9.17, 15) is 0 Å². The summed E-state index contributed by atoms with van der Waals surface area (Å²) >= 11 is 0. The molecule has 0 unspecified atom stereocenters. The Hall–Kier alpha value is -1.81. The summed E-state index contributed by atoms with van der Waals surface area (Å²) in [7, 11) is 0. The summed E-state index contributed by atoms with van der Waals surface area (Å²) < 4.78 is 5.57. The number of aryl methyl sites for hydroxylation is 1. The topological polar surface area (TPSA) is 50.1 Å². The van der Waals surface area contributed by atoms with Crippen molar-refractivity contribution in [2.24, 2.45) is 0 Å². The zero-order valence-electron chi connectivity index (χ0n) is 11.2. The molecule has 0 atom stereocenters. The second kappa shape index (κ2) is 5.45. The van der Waals surface area contributed by atoms with Crippen LogP contribution in [0.3, 0.4) is 0 Å². The van der Waals surface area contributed by atoms with Gasteiger partial charge in [0.05, 0.1) is 12.7 Å². The summed E-state index contributed by atoms with van der Waals surface area (Å²) in [5.41, 5.74) is 4.04. The summed E-state index contributed by atoms with van der Waals surface area (Å²) in [5, 5.41) is 6.84. The molecular formula is C15H19N3O. The molecule has 0 spiro atoms. The van der Waals surface area contributed by atoms with Crippen LogP contribution in [0.1, 0.15) is 29.7 Å². The van der Waals surface area contributed by atoms with Gasteiger partial charge in [-0.1, -0.05) is 25.1 Å². The van der Waals surface area contributed by atoms with Crippen LogP contribution in [-0.4, -0.2) is 11.5 Å². The van der Waals surface area contributed by atoms with Crippen LogP contribution in [0.2, 0.25) is 0 Å². The van der Waals surface area contributed by atoms with Crippen molar-refractivity contribution in [3.63, 3.8) is 0 Å². The van der Waals surface area contributed by atoms with Gasteiger partial charge in [-0.05, 0) is 17.5 Å². The number of nitrogens with zero attached hydrogens (tertiary/aromatic N) is 1. The van der Waals surface area contributed by atoms with Gasteiger partial charge in [0.25, 0.3) is 0 Å². The quantitative estimate of drug-likeness (QED) is 0.864. The highest BCUT2D eigenvalue weighted by Gasteiger charge is 2.13. The summed E-state index contributed by atoms with van der Waals surface area (Å²) in [5.74, 6) is 1.71. The lowest BCUT2D eigenvalue weighted by Crippen LogP contribution is -2.14. The van der Waals surface area contributed by atoms with E-state index >= 15 is 0 Å². The van der Waals surface area contributed by atoms with E-state index in [1.54, 1.807) is 6.20 Å². The molecule has 0 bridgehead atoms. The first-order chi connectivity index (χ1) is 9.36. The number of para-hydroxylation sites is 1. The molecule has 0 saturated carbocycles. The van der Waals surface area contributed by atoms with Gasteiger partial charge in [-0.15, -0.1) is 0 Å². The fourth-order valence-corrected chi connectivity index (χ4v) is 2.46. The second-order valence-corrected chi connectivity index (χ2v) is 4.81. The number of fused-ring (bicyclic) bond motifs is 1. The lowest BCUT2D eigenvalue weighted by atomic mass is 10.1. The Morgan fingerprint density at radius 1 is 1.37 bits per heavy atom. The Morgan fingerprint density at radius 2 is 2.32 bits per heavy atom. The molecule has 4 heteroatoms. The Balaban J connectivity index is 1.59. The van der Waals surface area contributed by atoms with Gasteiger partial charge < -0.3 is 15.1 Å². The number of hydrogen-bond acceptors (Lipinski definition) is 4. The summed E-state index contributed by atoms with van der Waals surface area (Å²) in [6, 6.07) is 6.49. The van der Waals surface area contributed by atoms with Gasteiger partial charge in [-0.3, -0.25) is 0 Å². The largest absolute Gasteiger partial charge is 0.444 e. The number of aromatic nitrogens is 1. The van der Waals surface area contributed by atoms with E-state index in [4.69, 9.17) is 4.42 Å². The van der Waals surface area contributed by atoms with Crippen molar-refractivity contribution in [2.75, 3.05) is 11.9 Å². The fraction of sp³-hybridized carbons (Fsp3) is 0.400. The normalized spacial score (nSPS) is 13.3. The molecule has 1 aromatic heterocycles. The third-order valence-corrected chi connectivity index (χ3v) is 3.47. The minimum atomic E-state index is 0.670. The number of benzene rings is 1. The standard InChI is InChI=1S/C15H19N3O/c1-2-13-9-18-14(19-13)10-16-8-12-5-3-4-11-6-7-17-15(11)12/h3-5,9,16-17H,2,6-8,10H2,1H3. The first-order valence-electron chi connectivity index (χ1n) is 6.85. The maximum atomic E-state index is 5.57. The third-order valence-electron chi connectivity index (χ3n) is 3.47. The van der Waals surface area contributed by atoms with Crippen molar-refractivity contribution in [1.82, 2.24) is 10.3 Å². The van der Waals surface area contributed by atoms with Gasteiger partial charge in [0.15, 0.2) is 0 Å². The SMILES string of the molecule is CCc1cnc(CNCc2cccc3c2NCC3)o1. The van der Waals surface area contributed by atoms with E-state index in [-0.39, 0.29) is 0 Å². The number of oxazole rings is 1. The van der Waals surface area contributed by atoms with E-state index in [2.05, 4.69) is 40.7 Å². The highest BCUT2D eigenvalue weighted by molar-refractivity contribution is 5.61. The summed E-state index contributed by atoms with van der Waals surface area (Å²) in [4.78, 5) is 4.25. The summed E-state index contributed by atoms with van der Waals surface area (Å²) in [6.07, 6.45) is 3.82. The van der Waals surface area contributed by atoms with Crippen molar-refractivity contribution in [3.8, 4) is 0 Å². The maximum Gasteiger partial charge on any atom is 0.208 e. The molecule has 0 amide bonds. The fourth-order valence-electron chi connectivity index (χ4n) is 2.46. The molecule has 3 rings (SSSR count). The molecule has 0 aliphatic carbocycles. The minimum absolute atomic E-state index is 0.670. The van der Waals surface area contributed by atoms with Crippen LogP contribution in [0.25, 0.3) is 0 Å². The molecule has 2 heterocycles. The van der Waals surface area contributed by atoms with Crippen LogP contribution in [-0.2, 0) is 25.9 Å². The lowest BCUT2D eigenvalue weighted by Gasteiger charge is -2.09. The van der Waals surface area contributed by atoms with E-state index in [0.29, 0.717) is 6.54 Å². The van der Waals surface area contributed by atoms with Crippen LogP contribution in [0.5, 0.6) is 0 Å². The van der Waals surface area contributed by atoms with Crippen molar-refractivity contribution in [3.05, 3.63) is 47.2 Å². The molecule has 1 aliphatic rings. The van der Waals surface area contributed by atoms with E-state index in [1.165, 1.54) is 16.8 Å². The Morgan fingerprint density at radius 3 is 3.16 bits per heavy atom. The molecule has 1 aliphatic heterocycles. The minimum Gasteiger partial charge on any atom is -0.444 e. The molecule has 100 valence electrons.